The number of benzene rings is 1. The Hall–Kier alpha value is -3.85. The molecule has 1 amide bonds. The molecule has 1 aromatic carbocycles. The number of piperidine rings is 1. The van der Waals surface area contributed by atoms with Gasteiger partial charge in [-0.3, -0.25) is 14.7 Å². The van der Waals surface area contributed by atoms with Gasteiger partial charge in [0.2, 0.25) is 5.91 Å². The quantitative estimate of drug-likeness (QED) is 0.381. The van der Waals surface area contributed by atoms with Gasteiger partial charge in [-0.2, -0.15) is 0 Å². The minimum absolute atomic E-state index is 0.309. The molecule has 206 valence electrons. The third-order valence-corrected chi connectivity index (χ3v) is 8.41. The zero-order valence-electron chi connectivity index (χ0n) is 22.9. The number of hydrogen-bond donors (Lipinski definition) is 1. The highest BCUT2D eigenvalue weighted by atomic mass is 16.2. The van der Waals surface area contributed by atoms with Gasteiger partial charge in [-0.1, -0.05) is 6.07 Å². The van der Waals surface area contributed by atoms with E-state index in [-0.39, 0.29) is 0 Å². The van der Waals surface area contributed by atoms with Crippen LogP contribution < -0.4 is 4.90 Å². The lowest BCUT2D eigenvalue weighted by Crippen LogP contribution is -2.48. The van der Waals surface area contributed by atoms with E-state index in [1.165, 1.54) is 24.8 Å². The summed E-state index contributed by atoms with van der Waals surface area (Å²) < 4.78 is 0. The van der Waals surface area contributed by atoms with Crippen molar-refractivity contribution >= 4 is 22.8 Å². The summed E-state index contributed by atoms with van der Waals surface area (Å²) in [6.07, 6.45) is 10.1. The molecule has 7 rings (SSSR count). The van der Waals surface area contributed by atoms with E-state index < -0.39 is 0 Å². The molecular formula is C31H36N8O. The van der Waals surface area contributed by atoms with E-state index in [0.29, 0.717) is 18.2 Å². The number of hydrogen-bond acceptors (Lipinski definition) is 7. The molecule has 0 bridgehead atoms. The van der Waals surface area contributed by atoms with Gasteiger partial charge >= 0.3 is 0 Å². The summed E-state index contributed by atoms with van der Waals surface area (Å²) in [6, 6.07) is 12.7. The van der Waals surface area contributed by atoms with E-state index >= 15 is 0 Å². The van der Waals surface area contributed by atoms with Crippen molar-refractivity contribution in [3.8, 4) is 11.3 Å². The Morgan fingerprint density at radius 1 is 0.900 bits per heavy atom. The van der Waals surface area contributed by atoms with E-state index in [1.54, 1.807) is 6.33 Å². The van der Waals surface area contributed by atoms with Crippen LogP contribution in [0.1, 0.15) is 49.2 Å². The number of H-pyrrole nitrogens is 1. The van der Waals surface area contributed by atoms with Crippen molar-refractivity contribution in [2.45, 2.75) is 45.1 Å². The normalized spacial score (nSPS) is 18.4. The third kappa shape index (κ3) is 5.56. The van der Waals surface area contributed by atoms with Crippen molar-refractivity contribution < 1.29 is 4.79 Å². The first-order valence-electron chi connectivity index (χ1n) is 14.7. The number of aromatic amines is 1. The number of nitrogens with one attached hydrogen (secondary N) is 1. The SMILES string of the molecule is O=C(C1CC1)N1CCN(Cc2ccnc(Cc3nc4ccc(-c5cc(N6CCCCC6)ncn5)cc4[nH]3)c2)CC1. The van der Waals surface area contributed by atoms with Gasteiger partial charge in [-0.25, -0.2) is 15.0 Å². The first kappa shape index (κ1) is 25.1. The largest absolute Gasteiger partial charge is 0.357 e. The topological polar surface area (TPSA) is 94.1 Å². The first-order valence-corrected chi connectivity index (χ1v) is 14.7. The fourth-order valence-electron chi connectivity index (χ4n) is 5.97. The Morgan fingerprint density at radius 3 is 2.58 bits per heavy atom. The Kier molecular flexibility index (Phi) is 6.89. The van der Waals surface area contributed by atoms with Crippen molar-refractivity contribution in [3.63, 3.8) is 0 Å². The molecule has 3 aliphatic rings. The van der Waals surface area contributed by atoms with Gasteiger partial charge < -0.3 is 14.8 Å². The Bertz CT molecular complexity index is 1500. The van der Waals surface area contributed by atoms with E-state index in [9.17, 15) is 4.79 Å². The van der Waals surface area contributed by atoms with Crippen LogP contribution in [-0.2, 0) is 17.8 Å². The molecule has 9 nitrogen and oxygen atoms in total. The Labute approximate surface area is 234 Å². The van der Waals surface area contributed by atoms with Crippen LogP contribution in [0.25, 0.3) is 22.3 Å². The number of carbonyl (C=O) groups excluding carboxylic acids is 1. The highest BCUT2D eigenvalue weighted by Gasteiger charge is 2.34. The van der Waals surface area contributed by atoms with E-state index in [2.05, 4.69) is 71.0 Å². The van der Waals surface area contributed by atoms with Gasteiger partial charge in [0, 0.05) is 81.7 Å². The van der Waals surface area contributed by atoms with E-state index in [0.717, 1.165) is 98.3 Å². The number of imidazole rings is 1. The van der Waals surface area contributed by atoms with Gasteiger partial charge in [0.1, 0.15) is 18.0 Å². The average Bonchev–Trinajstić information content (AvgIpc) is 3.77. The molecule has 3 fully saturated rings. The van der Waals surface area contributed by atoms with Crippen molar-refractivity contribution in [1.82, 2.24) is 34.7 Å². The van der Waals surface area contributed by atoms with Crippen LogP contribution >= 0.6 is 0 Å². The molecule has 5 heterocycles. The number of anilines is 1. The molecule has 4 aromatic rings. The van der Waals surface area contributed by atoms with Crippen LogP contribution in [0.15, 0.2) is 48.9 Å². The summed E-state index contributed by atoms with van der Waals surface area (Å²) in [4.78, 5) is 41.3. The van der Waals surface area contributed by atoms with Crippen molar-refractivity contribution in [1.29, 1.82) is 0 Å². The molecule has 0 unspecified atom stereocenters. The van der Waals surface area contributed by atoms with Crippen LogP contribution in [0.2, 0.25) is 0 Å². The van der Waals surface area contributed by atoms with Crippen LogP contribution in [0.5, 0.6) is 0 Å². The zero-order valence-corrected chi connectivity index (χ0v) is 22.9. The summed E-state index contributed by atoms with van der Waals surface area (Å²) in [7, 11) is 0. The number of amides is 1. The number of fused-ring (bicyclic) bond motifs is 1. The fourth-order valence-corrected chi connectivity index (χ4v) is 5.97. The second-order valence-electron chi connectivity index (χ2n) is 11.4. The van der Waals surface area contributed by atoms with Crippen molar-refractivity contribution in [3.05, 3.63) is 66.0 Å². The second kappa shape index (κ2) is 11.0. The molecule has 2 aliphatic heterocycles. The predicted octanol–water partition coefficient (Wildman–Crippen LogP) is 4.05. The number of piperazine rings is 1. The molecule has 3 aromatic heterocycles. The number of pyridine rings is 1. The van der Waals surface area contributed by atoms with E-state index in [1.807, 2.05) is 6.20 Å². The molecule has 0 spiro atoms. The van der Waals surface area contributed by atoms with Crippen molar-refractivity contribution in [2.75, 3.05) is 44.2 Å². The second-order valence-corrected chi connectivity index (χ2v) is 11.4. The lowest BCUT2D eigenvalue weighted by Gasteiger charge is -2.35. The molecule has 1 saturated carbocycles. The van der Waals surface area contributed by atoms with Gasteiger partial charge in [0.15, 0.2) is 0 Å². The summed E-state index contributed by atoms with van der Waals surface area (Å²) in [6.45, 7) is 6.52. The van der Waals surface area contributed by atoms with Gasteiger partial charge in [0.05, 0.1) is 16.7 Å². The lowest BCUT2D eigenvalue weighted by molar-refractivity contribution is -0.134. The lowest BCUT2D eigenvalue weighted by atomic mass is 10.1. The maximum Gasteiger partial charge on any atom is 0.225 e. The minimum Gasteiger partial charge on any atom is -0.357 e. The molecule has 1 aliphatic carbocycles. The first-order chi connectivity index (χ1) is 19.7. The summed E-state index contributed by atoms with van der Waals surface area (Å²) in [5.41, 5.74) is 6.18. The highest BCUT2D eigenvalue weighted by molar-refractivity contribution is 5.82. The van der Waals surface area contributed by atoms with Gasteiger partial charge in [0.25, 0.3) is 0 Å². The maximum atomic E-state index is 12.4. The summed E-state index contributed by atoms with van der Waals surface area (Å²) >= 11 is 0. The Morgan fingerprint density at radius 2 is 1.75 bits per heavy atom. The number of rotatable bonds is 7. The number of carbonyl (C=O) groups is 1. The smallest absolute Gasteiger partial charge is 0.225 e. The molecule has 9 heteroatoms. The summed E-state index contributed by atoms with van der Waals surface area (Å²) in [5, 5.41) is 0. The van der Waals surface area contributed by atoms with Crippen LogP contribution in [0.3, 0.4) is 0 Å². The molecule has 0 atom stereocenters. The number of nitrogens with zero attached hydrogens (tertiary/aromatic N) is 7. The summed E-state index contributed by atoms with van der Waals surface area (Å²) in [5.74, 6) is 2.59. The number of aromatic nitrogens is 5. The highest BCUT2D eigenvalue weighted by Crippen LogP contribution is 2.31. The average molecular weight is 537 g/mol. The molecule has 1 N–H and O–H groups in total. The molecule has 40 heavy (non-hydrogen) atoms. The standard InChI is InChI=1S/C31H36N8O/c40-31(23-4-5-23)39-14-12-37(13-15-39)20-22-8-9-32-25(16-22)18-29-35-26-7-6-24(17-28(26)36-29)27-19-30(34-21-33-27)38-10-2-1-3-11-38/h6-9,16-17,19,21,23H,1-5,10-15,18,20H2,(H,35,36). The van der Waals surface area contributed by atoms with Crippen LogP contribution in [-0.4, -0.2) is 79.9 Å². The van der Waals surface area contributed by atoms with Crippen LogP contribution in [0, 0.1) is 5.92 Å². The van der Waals surface area contributed by atoms with Crippen molar-refractivity contribution in [2.24, 2.45) is 5.92 Å². The molecule has 2 saturated heterocycles. The fraction of sp³-hybridized carbons (Fsp3) is 0.452. The Balaban J connectivity index is 1.01. The zero-order chi connectivity index (χ0) is 26.9. The molecule has 0 radical (unpaired) electrons. The molecular weight excluding hydrogens is 500 g/mol. The predicted molar refractivity (Wildman–Crippen MR) is 155 cm³/mol. The van der Waals surface area contributed by atoms with E-state index in [4.69, 9.17) is 4.98 Å². The van der Waals surface area contributed by atoms with Gasteiger partial charge in [-0.15, -0.1) is 0 Å². The minimum atomic E-state index is 0.309. The van der Waals surface area contributed by atoms with Gasteiger partial charge in [-0.05, 0) is 61.9 Å². The monoisotopic (exact) mass is 536 g/mol. The van der Waals surface area contributed by atoms with Crippen LogP contribution in [0.4, 0.5) is 5.82 Å². The maximum absolute atomic E-state index is 12.4. The third-order valence-electron chi connectivity index (χ3n) is 8.41.